The number of carbonyl (C=O) groups is 2. The lowest BCUT2D eigenvalue weighted by Crippen LogP contribution is -2.22. The Morgan fingerprint density at radius 1 is 1.05 bits per heavy atom. The van der Waals surface area contributed by atoms with E-state index in [2.05, 4.69) is 0 Å². The lowest BCUT2D eigenvalue weighted by Gasteiger charge is -2.16. The molecule has 0 aliphatic heterocycles. The molecule has 1 aromatic heterocycles. The van der Waals surface area contributed by atoms with Crippen LogP contribution in [-0.2, 0) is 6.18 Å². The molecule has 6 heteroatoms. The molecule has 0 N–H and O–H groups in total. The third kappa shape index (κ3) is 1.71. The van der Waals surface area contributed by atoms with Crippen molar-refractivity contribution >= 4 is 22.9 Å². The smallest absolute Gasteiger partial charge is 0.289 e. The van der Waals surface area contributed by atoms with Gasteiger partial charge in [-0.25, -0.2) is 0 Å². The molecular formula is C14H7F3O2S. The van der Waals surface area contributed by atoms with Crippen LogP contribution in [0.15, 0.2) is 23.6 Å². The number of benzene rings is 1. The number of hydrogen-bond donors (Lipinski definition) is 0. The summed E-state index contributed by atoms with van der Waals surface area (Å²) in [5, 5.41) is 0.833. The zero-order chi connectivity index (χ0) is 14.7. The molecule has 0 radical (unpaired) electrons. The maximum atomic E-state index is 12.9. The van der Waals surface area contributed by atoms with E-state index >= 15 is 0 Å². The first kappa shape index (κ1) is 13.1. The first-order valence-corrected chi connectivity index (χ1v) is 6.57. The first-order chi connectivity index (χ1) is 9.30. The predicted molar refractivity (Wildman–Crippen MR) is 67.4 cm³/mol. The Kier molecular flexibility index (Phi) is 2.62. The topological polar surface area (TPSA) is 34.1 Å². The van der Waals surface area contributed by atoms with Crippen molar-refractivity contribution < 1.29 is 22.8 Å². The summed E-state index contributed by atoms with van der Waals surface area (Å²) in [5.74, 6) is -1.25. The average molecular weight is 296 g/mol. The molecule has 0 spiro atoms. The standard InChI is InChI=1S/C14H7F3O2S/c1-6-2-3-7-8(4-6)12(19)13-10(11(7)18)9(5-20-13)14(15,16)17/h2-5H,1H3. The Bertz CT molecular complexity index is 756. The number of carbonyl (C=O) groups excluding carboxylic acids is 2. The van der Waals surface area contributed by atoms with E-state index in [1.807, 2.05) is 0 Å². The molecule has 1 aliphatic rings. The van der Waals surface area contributed by atoms with Crippen LogP contribution < -0.4 is 0 Å². The number of halogens is 3. The van der Waals surface area contributed by atoms with Crippen molar-refractivity contribution in [3.63, 3.8) is 0 Å². The molecule has 3 rings (SSSR count). The molecule has 2 nitrogen and oxygen atoms in total. The lowest BCUT2D eigenvalue weighted by molar-refractivity contribution is -0.137. The largest absolute Gasteiger partial charge is 0.417 e. The molecule has 0 bridgehead atoms. The Morgan fingerprint density at radius 2 is 1.75 bits per heavy atom. The zero-order valence-corrected chi connectivity index (χ0v) is 11.0. The van der Waals surface area contributed by atoms with Gasteiger partial charge in [-0.1, -0.05) is 17.7 Å². The summed E-state index contributed by atoms with van der Waals surface area (Å²) in [7, 11) is 0. The summed E-state index contributed by atoms with van der Waals surface area (Å²) in [6.07, 6.45) is -4.64. The fourth-order valence-corrected chi connectivity index (χ4v) is 3.28. The van der Waals surface area contributed by atoms with E-state index in [-0.39, 0.29) is 16.0 Å². The molecule has 0 saturated carbocycles. The molecule has 1 aromatic carbocycles. The van der Waals surface area contributed by atoms with Crippen molar-refractivity contribution in [3.05, 3.63) is 56.3 Å². The lowest BCUT2D eigenvalue weighted by atomic mass is 9.86. The van der Waals surface area contributed by atoms with Gasteiger partial charge in [0.05, 0.1) is 16.0 Å². The van der Waals surface area contributed by atoms with Crippen molar-refractivity contribution in [1.29, 1.82) is 0 Å². The Labute approximate surface area is 115 Å². The second-order valence-corrected chi connectivity index (χ2v) is 5.44. The molecule has 0 unspecified atom stereocenters. The number of ketones is 2. The summed E-state index contributed by atoms with van der Waals surface area (Å²) >= 11 is 0.670. The third-order valence-electron chi connectivity index (χ3n) is 3.19. The number of alkyl halides is 3. The maximum absolute atomic E-state index is 12.9. The number of fused-ring (bicyclic) bond motifs is 2. The van der Waals surface area contributed by atoms with Crippen LogP contribution in [0.3, 0.4) is 0 Å². The highest BCUT2D eigenvalue weighted by Gasteiger charge is 2.42. The molecule has 0 fully saturated rings. The summed E-state index contributed by atoms with van der Waals surface area (Å²) in [4.78, 5) is 24.4. The second kappa shape index (κ2) is 4.02. The predicted octanol–water partition coefficient (Wildman–Crippen LogP) is 3.85. The van der Waals surface area contributed by atoms with Crippen molar-refractivity contribution in [3.8, 4) is 0 Å². The molecule has 2 aromatic rings. The Balaban J connectivity index is 2.29. The summed E-state index contributed by atoms with van der Waals surface area (Å²) in [6.45, 7) is 1.75. The molecule has 1 aliphatic carbocycles. The quantitative estimate of drug-likeness (QED) is 0.631. The van der Waals surface area contributed by atoms with Crippen LogP contribution in [0.5, 0.6) is 0 Å². The summed E-state index contributed by atoms with van der Waals surface area (Å²) in [5.41, 5.74) is -0.540. The highest BCUT2D eigenvalue weighted by Crippen LogP contribution is 2.41. The van der Waals surface area contributed by atoms with Gasteiger partial charge in [0.25, 0.3) is 0 Å². The van der Waals surface area contributed by atoms with Crippen LogP contribution in [-0.4, -0.2) is 11.6 Å². The van der Waals surface area contributed by atoms with Gasteiger partial charge in [-0.05, 0) is 13.0 Å². The third-order valence-corrected chi connectivity index (χ3v) is 4.17. The second-order valence-electron chi connectivity index (χ2n) is 4.56. The molecular weight excluding hydrogens is 289 g/mol. The average Bonchev–Trinajstić information content (AvgIpc) is 2.80. The van der Waals surface area contributed by atoms with Crippen LogP contribution in [0.2, 0.25) is 0 Å². The van der Waals surface area contributed by atoms with Crippen LogP contribution in [0.4, 0.5) is 13.2 Å². The van der Waals surface area contributed by atoms with Crippen LogP contribution in [0.25, 0.3) is 0 Å². The van der Waals surface area contributed by atoms with E-state index in [9.17, 15) is 22.8 Å². The van der Waals surface area contributed by atoms with E-state index < -0.39 is 28.9 Å². The van der Waals surface area contributed by atoms with Gasteiger partial charge in [0.2, 0.25) is 5.78 Å². The van der Waals surface area contributed by atoms with E-state index in [0.717, 1.165) is 10.9 Å². The minimum atomic E-state index is -4.64. The van der Waals surface area contributed by atoms with Crippen molar-refractivity contribution in [1.82, 2.24) is 0 Å². The van der Waals surface area contributed by atoms with Crippen LogP contribution in [0.1, 0.15) is 42.3 Å². The minimum Gasteiger partial charge on any atom is -0.289 e. The van der Waals surface area contributed by atoms with Crippen LogP contribution >= 0.6 is 11.3 Å². The van der Waals surface area contributed by atoms with Crippen molar-refractivity contribution in [2.75, 3.05) is 0 Å². The molecule has 102 valence electrons. The maximum Gasteiger partial charge on any atom is 0.417 e. The monoisotopic (exact) mass is 296 g/mol. The SMILES string of the molecule is Cc1ccc2c(c1)C(=O)c1scc(C(F)(F)F)c1C2=O. The first-order valence-electron chi connectivity index (χ1n) is 5.69. The summed E-state index contributed by atoms with van der Waals surface area (Å²) < 4.78 is 38.7. The number of rotatable bonds is 0. The number of hydrogen-bond acceptors (Lipinski definition) is 3. The van der Waals surface area contributed by atoms with Gasteiger partial charge >= 0.3 is 6.18 Å². The van der Waals surface area contributed by atoms with Gasteiger partial charge in [0.1, 0.15) is 0 Å². The zero-order valence-electron chi connectivity index (χ0n) is 10.2. The van der Waals surface area contributed by atoms with Gasteiger partial charge in [-0.3, -0.25) is 9.59 Å². The van der Waals surface area contributed by atoms with Crippen molar-refractivity contribution in [2.45, 2.75) is 13.1 Å². The van der Waals surface area contributed by atoms with Gasteiger partial charge in [-0.15, -0.1) is 11.3 Å². The number of thiophene rings is 1. The Hall–Kier alpha value is -1.95. The molecule has 0 amide bonds. The van der Waals surface area contributed by atoms with E-state index in [1.165, 1.54) is 12.1 Å². The molecule has 20 heavy (non-hydrogen) atoms. The van der Waals surface area contributed by atoms with Gasteiger partial charge in [0, 0.05) is 16.5 Å². The minimum absolute atomic E-state index is 0.0389. The molecule has 1 heterocycles. The summed E-state index contributed by atoms with van der Waals surface area (Å²) in [6, 6.07) is 4.55. The van der Waals surface area contributed by atoms with E-state index in [0.29, 0.717) is 11.3 Å². The van der Waals surface area contributed by atoms with E-state index in [4.69, 9.17) is 0 Å². The Morgan fingerprint density at radius 3 is 2.40 bits per heavy atom. The van der Waals surface area contributed by atoms with Gasteiger partial charge in [-0.2, -0.15) is 13.2 Å². The highest BCUT2D eigenvalue weighted by molar-refractivity contribution is 7.13. The van der Waals surface area contributed by atoms with Gasteiger partial charge < -0.3 is 0 Å². The van der Waals surface area contributed by atoms with E-state index in [1.54, 1.807) is 13.0 Å². The fourth-order valence-electron chi connectivity index (χ4n) is 2.26. The molecule has 0 saturated heterocycles. The fraction of sp³-hybridized carbons (Fsp3) is 0.143. The molecule has 0 atom stereocenters. The normalized spacial score (nSPS) is 14.2. The number of aryl methyl sites for hydroxylation is 1. The van der Waals surface area contributed by atoms with Gasteiger partial charge in [0.15, 0.2) is 5.78 Å². The van der Waals surface area contributed by atoms with Crippen molar-refractivity contribution in [2.24, 2.45) is 0 Å². The highest BCUT2D eigenvalue weighted by atomic mass is 32.1. The van der Waals surface area contributed by atoms with Crippen LogP contribution in [0, 0.1) is 6.92 Å².